The SMILES string of the molecule is O=C(Cn1nc(-c2ccccc2)ccc1=O)c1ccc(Br)cc1. The Balaban J connectivity index is 1.89. The maximum absolute atomic E-state index is 12.3. The minimum absolute atomic E-state index is 0.0822. The number of carbonyl (C=O) groups is 1. The quantitative estimate of drug-likeness (QED) is 0.661. The van der Waals surface area contributed by atoms with Crippen LogP contribution < -0.4 is 5.56 Å². The molecule has 0 aliphatic heterocycles. The molecule has 5 heteroatoms. The van der Waals surface area contributed by atoms with Gasteiger partial charge in [-0.3, -0.25) is 9.59 Å². The molecule has 0 atom stereocenters. The van der Waals surface area contributed by atoms with Crippen LogP contribution in [0.4, 0.5) is 0 Å². The topological polar surface area (TPSA) is 52.0 Å². The lowest BCUT2D eigenvalue weighted by Gasteiger charge is -2.07. The van der Waals surface area contributed by atoms with E-state index in [0.29, 0.717) is 11.3 Å². The summed E-state index contributed by atoms with van der Waals surface area (Å²) in [5, 5.41) is 4.30. The number of carbonyl (C=O) groups excluding carboxylic acids is 1. The number of hydrogen-bond acceptors (Lipinski definition) is 3. The molecule has 1 aromatic heterocycles. The number of ketones is 1. The molecule has 3 rings (SSSR count). The number of hydrogen-bond donors (Lipinski definition) is 0. The Morgan fingerprint density at radius 3 is 2.35 bits per heavy atom. The van der Waals surface area contributed by atoms with E-state index in [9.17, 15) is 9.59 Å². The summed E-state index contributed by atoms with van der Waals surface area (Å²) in [7, 11) is 0. The second-order valence-corrected chi connectivity index (χ2v) is 5.93. The van der Waals surface area contributed by atoms with Gasteiger partial charge in [-0.05, 0) is 18.2 Å². The largest absolute Gasteiger partial charge is 0.292 e. The van der Waals surface area contributed by atoms with Crippen molar-refractivity contribution in [2.24, 2.45) is 0 Å². The standard InChI is InChI=1S/C18H13BrN2O2/c19-15-8-6-14(7-9-15)17(22)12-21-18(23)11-10-16(20-21)13-4-2-1-3-5-13/h1-11H,12H2. The Kier molecular flexibility index (Phi) is 4.48. The highest BCUT2D eigenvalue weighted by molar-refractivity contribution is 9.10. The molecule has 1 heterocycles. The van der Waals surface area contributed by atoms with Gasteiger partial charge in [0.1, 0.15) is 6.54 Å². The van der Waals surface area contributed by atoms with Gasteiger partial charge in [0.05, 0.1) is 5.69 Å². The average molecular weight is 369 g/mol. The van der Waals surface area contributed by atoms with Crippen molar-refractivity contribution in [1.29, 1.82) is 0 Å². The van der Waals surface area contributed by atoms with Gasteiger partial charge in [0.2, 0.25) is 0 Å². The van der Waals surface area contributed by atoms with Crippen molar-refractivity contribution >= 4 is 21.7 Å². The van der Waals surface area contributed by atoms with Crippen LogP contribution in [0.2, 0.25) is 0 Å². The Bertz CT molecular complexity index is 887. The van der Waals surface area contributed by atoms with E-state index < -0.39 is 0 Å². The molecule has 0 radical (unpaired) electrons. The third-order valence-electron chi connectivity index (χ3n) is 3.40. The fourth-order valence-corrected chi connectivity index (χ4v) is 2.45. The van der Waals surface area contributed by atoms with Crippen molar-refractivity contribution in [3.8, 4) is 11.3 Å². The minimum atomic E-state index is -0.296. The van der Waals surface area contributed by atoms with Gasteiger partial charge in [-0.25, -0.2) is 4.68 Å². The van der Waals surface area contributed by atoms with Crippen LogP contribution in [0.5, 0.6) is 0 Å². The van der Waals surface area contributed by atoms with Crippen molar-refractivity contribution in [3.05, 3.63) is 87.1 Å². The zero-order valence-electron chi connectivity index (χ0n) is 12.1. The zero-order valence-corrected chi connectivity index (χ0v) is 13.7. The van der Waals surface area contributed by atoms with E-state index in [2.05, 4.69) is 21.0 Å². The van der Waals surface area contributed by atoms with Crippen molar-refractivity contribution in [2.75, 3.05) is 0 Å². The number of nitrogens with zero attached hydrogens (tertiary/aromatic N) is 2. The molecule has 23 heavy (non-hydrogen) atoms. The molecule has 0 amide bonds. The summed E-state index contributed by atoms with van der Waals surface area (Å²) in [5.74, 6) is -0.155. The lowest BCUT2D eigenvalue weighted by atomic mass is 10.1. The highest BCUT2D eigenvalue weighted by Crippen LogP contribution is 2.14. The summed E-state index contributed by atoms with van der Waals surface area (Å²) in [4.78, 5) is 24.3. The average Bonchev–Trinajstić information content (AvgIpc) is 2.58. The van der Waals surface area contributed by atoms with E-state index in [1.54, 1.807) is 30.3 Å². The fraction of sp³-hybridized carbons (Fsp3) is 0.0556. The highest BCUT2D eigenvalue weighted by Gasteiger charge is 2.10. The minimum Gasteiger partial charge on any atom is -0.292 e. The molecule has 0 fully saturated rings. The van der Waals surface area contributed by atoms with Gasteiger partial charge >= 0.3 is 0 Å². The number of aromatic nitrogens is 2. The molecule has 2 aromatic carbocycles. The predicted octanol–water partition coefficient (Wildman–Crippen LogP) is 3.56. The normalized spacial score (nSPS) is 10.5. The number of halogens is 1. The molecule has 0 saturated carbocycles. The fourth-order valence-electron chi connectivity index (χ4n) is 2.19. The van der Waals surface area contributed by atoms with Gasteiger partial charge in [0, 0.05) is 21.7 Å². The van der Waals surface area contributed by atoms with Crippen molar-refractivity contribution in [1.82, 2.24) is 9.78 Å². The maximum Gasteiger partial charge on any atom is 0.267 e. The Labute approximate surface area is 141 Å². The summed E-state index contributed by atoms with van der Waals surface area (Å²) < 4.78 is 2.10. The Morgan fingerprint density at radius 2 is 1.65 bits per heavy atom. The van der Waals surface area contributed by atoms with Crippen LogP contribution >= 0.6 is 15.9 Å². The van der Waals surface area contributed by atoms with E-state index in [0.717, 1.165) is 10.0 Å². The van der Waals surface area contributed by atoms with Gasteiger partial charge in [-0.15, -0.1) is 0 Å². The third kappa shape index (κ3) is 3.63. The lowest BCUT2D eigenvalue weighted by molar-refractivity contribution is 0.0966. The predicted molar refractivity (Wildman–Crippen MR) is 92.4 cm³/mol. The van der Waals surface area contributed by atoms with Crippen molar-refractivity contribution in [2.45, 2.75) is 6.54 Å². The summed E-state index contributed by atoms with van der Waals surface area (Å²) >= 11 is 3.33. The first-order valence-corrected chi connectivity index (χ1v) is 7.85. The van der Waals surface area contributed by atoms with E-state index in [1.807, 2.05) is 30.3 Å². The molecule has 3 aromatic rings. The number of benzene rings is 2. The van der Waals surface area contributed by atoms with E-state index >= 15 is 0 Å². The van der Waals surface area contributed by atoms with Crippen LogP contribution in [0.15, 0.2) is 76.0 Å². The molecule has 0 aliphatic rings. The molecular weight excluding hydrogens is 356 g/mol. The first-order valence-electron chi connectivity index (χ1n) is 7.06. The molecule has 0 unspecified atom stereocenters. The van der Waals surface area contributed by atoms with Crippen LogP contribution in [-0.2, 0) is 6.54 Å². The van der Waals surface area contributed by atoms with Gasteiger partial charge < -0.3 is 0 Å². The maximum atomic E-state index is 12.3. The van der Waals surface area contributed by atoms with Gasteiger partial charge in [0.25, 0.3) is 5.56 Å². The van der Waals surface area contributed by atoms with Crippen LogP contribution in [0.1, 0.15) is 10.4 Å². The summed E-state index contributed by atoms with van der Waals surface area (Å²) in [5.41, 5.74) is 1.81. The van der Waals surface area contributed by atoms with Crippen molar-refractivity contribution in [3.63, 3.8) is 0 Å². The van der Waals surface area contributed by atoms with E-state index in [-0.39, 0.29) is 17.9 Å². The van der Waals surface area contributed by atoms with Crippen LogP contribution in [0, 0.1) is 0 Å². The smallest absolute Gasteiger partial charge is 0.267 e. The monoisotopic (exact) mass is 368 g/mol. The molecular formula is C18H13BrN2O2. The molecule has 0 saturated heterocycles. The van der Waals surface area contributed by atoms with Crippen LogP contribution in [-0.4, -0.2) is 15.6 Å². The summed E-state index contributed by atoms with van der Waals surface area (Å²) in [6.07, 6.45) is 0. The van der Waals surface area contributed by atoms with Crippen LogP contribution in [0.3, 0.4) is 0 Å². The number of rotatable bonds is 4. The molecule has 0 spiro atoms. The van der Waals surface area contributed by atoms with Gasteiger partial charge in [-0.1, -0.05) is 58.4 Å². The third-order valence-corrected chi connectivity index (χ3v) is 3.92. The van der Waals surface area contributed by atoms with Crippen molar-refractivity contribution < 1.29 is 4.79 Å². The zero-order chi connectivity index (χ0) is 16.2. The van der Waals surface area contributed by atoms with Gasteiger partial charge in [-0.2, -0.15) is 5.10 Å². The molecule has 0 N–H and O–H groups in total. The first kappa shape index (κ1) is 15.4. The Morgan fingerprint density at radius 1 is 0.957 bits per heavy atom. The molecule has 114 valence electrons. The molecule has 0 aliphatic carbocycles. The van der Waals surface area contributed by atoms with E-state index in [4.69, 9.17) is 0 Å². The second-order valence-electron chi connectivity index (χ2n) is 5.01. The first-order chi connectivity index (χ1) is 11.1. The summed E-state index contributed by atoms with van der Waals surface area (Å²) in [6, 6.07) is 19.7. The summed E-state index contributed by atoms with van der Waals surface area (Å²) in [6.45, 7) is -0.0822. The van der Waals surface area contributed by atoms with Gasteiger partial charge in [0.15, 0.2) is 5.78 Å². The lowest BCUT2D eigenvalue weighted by Crippen LogP contribution is -2.26. The van der Waals surface area contributed by atoms with E-state index in [1.165, 1.54) is 10.7 Å². The van der Waals surface area contributed by atoms with Crippen LogP contribution in [0.25, 0.3) is 11.3 Å². The second kappa shape index (κ2) is 6.71. The highest BCUT2D eigenvalue weighted by atomic mass is 79.9. The Hall–Kier alpha value is -2.53. The molecule has 4 nitrogen and oxygen atoms in total. The number of Topliss-reactive ketones (excluding diaryl/α,β-unsaturated/α-hetero) is 1. The molecule has 0 bridgehead atoms.